The van der Waals surface area contributed by atoms with E-state index < -0.39 is 12.0 Å². The Kier molecular flexibility index (Phi) is 3.48. The minimum absolute atomic E-state index is 0.263. The lowest BCUT2D eigenvalue weighted by Gasteiger charge is -2.14. The maximum absolute atomic E-state index is 12.6. The smallest absolute Gasteiger partial charge is 0.330 e. The third-order valence-electron chi connectivity index (χ3n) is 3.64. The Morgan fingerprint density at radius 2 is 2.18 bits per heavy atom. The fourth-order valence-corrected chi connectivity index (χ4v) is 2.55. The van der Waals surface area contributed by atoms with Gasteiger partial charge in [-0.15, -0.1) is 0 Å². The van der Waals surface area contributed by atoms with Crippen LogP contribution < -0.4 is 5.56 Å². The van der Waals surface area contributed by atoms with Crippen LogP contribution in [0, 0.1) is 0 Å². The van der Waals surface area contributed by atoms with Gasteiger partial charge in [-0.3, -0.25) is 9.20 Å². The molecule has 3 heterocycles. The Bertz CT molecular complexity index is 903. The predicted octanol–water partition coefficient (Wildman–Crippen LogP) is 1.93. The van der Waals surface area contributed by atoms with Crippen LogP contribution in [0.5, 0.6) is 0 Å². The van der Waals surface area contributed by atoms with Crippen molar-refractivity contribution in [2.24, 2.45) is 0 Å². The Labute approximate surface area is 126 Å². The number of fused-ring (bicyclic) bond motifs is 3. The second-order valence-electron chi connectivity index (χ2n) is 4.98. The van der Waals surface area contributed by atoms with Crippen molar-refractivity contribution in [1.82, 2.24) is 14.2 Å². The molecule has 3 aromatic rings. The molecule has 0 unspecified atom stereocenters. The predicted molar refractivity (Wildman–Crippen MR) is 79.9 cm³/mol. The summed E-state index contributed by atoms with van der Waals surface area (Å²) in [5.41, 5.74) is 1.52. The fraction of sp³-hybridized carbons (Fsp3) is 0.400. The van der Waals surface area contributed by atoms with E-state index >= 15 is 0 Å². The van der Waals surface area contributed by atoms with Crippen LogP contribution in [0.1, 0.15) is 32.6 Å². The third-order valence-corrected chi connectivity index (χ3v) is 3.64. The molecule has 0 radical (unpaired) electrons. The molecule has 0 spiro atoms. The van der Waals surface area contributed by atoms with E-state index in [1.54, 1.807) is 36.6 Å². The number of furan rings is 1. The van der Waals surface area contributed by atoms with Crippen LogP contribution in [0.3, 0.4) is 0 Å². The maximum atomic E-state index is 12.6. The van der Waals surface area contributed by atoms with Gasteiger partial charge < -0.3 is 9.15 Å². The highest BCUT2D eigenvalue weighted by atomic mass is 16.5. The second-order valence-corrected chi connectivity index (χ2v) is 4.98. The van der Waals surface area contributed by atoms with Gasteiger partial charge >= 0.3 is 5.97 Å². The first kappa shape index (κ1) is 14.4. The molecule has 0 amide bonds. The zero-order chi connectivity index (χ0) is 15.9. The highest BCUT2D eigenvalue weighted by molar-refractivity contribution is 5.82. The number of esters is 1. The second kappa shape index (κ2) is 5.32. The summed E-state index contributed by atoms with van der Waals surface area (Å²) in [7, 11) is 0. The minimum atomic E-state index is -0.774. The number of aromatic nitrogens is 3. The first-order valence-electron chi connectivity index (χ1n) is 7.25. The molecule has 22 heavy (non-hydrogen) atoms. The molecule has 3 rings (SSSR count). The van der Waals surface area contributed by atoms with Gasteiger partial charge in [-0.25, -0.2) is 9.48 Å². The molecule has 0 aliphatic rings. The molecule has 0 bridgehead atoms. The van der Waals surface area contributed by atoms with E-state index in [9.17, 15) is 9.59 Å². The van der Waals surface area contributed by atoms with Crippen molar-refractivity contribution >= 4 is 22.6 Å². The number of hydrogen-bond acceptors (Lipinski definition) is 5. The van der Waals surface area contributed by atoms with Crippen LogP contribution in [0.2, 0.25) is 0 Å². The number of aryl methyl sites for hydroxylation is 1. The van der Waals surface area contributed by atoms with Crippen LogP contribution in [-0.2, 0) is 16.0 Å². The highest BCUT2D eigenvalue weighted by Crippen LogP contribution is 2.21. The van der Waals surface area contributed by atoms with Crippen molar-refractivity contribution in [3.8, 4) is 0 Å². The van der Waals surface area contributed by atoms with Crippen molar-refractivity contribution in [2.75, 3.05) is 6.61 Å². The lowest BCUT2D eigenvalue weighted by atomic mass is 10.3. The first-order valence-corrected chi connectivity index (χ1v) is 7.25. The summed E-state index contributed by atoms with van der Waals surface area (Å²) >= 11 is 0. The molecule has 0 fully saturated rings. The Balaban J connectivity index is 2.26. The van der Waals surface area contributed by atoms with E-state index in [-0.39, 0.29) is 12.2 Å². The summed E-state index contributed by atoms with van der Waals surface area (Å²) in [5.74, 6) is 0.209. The summed E-state index contributed by atoms with van der Waals surface area (Å²) in [6.07, 6.45) is 2.19. The Morgan fingerprint density at radius 3 is 2.86 bits per heavy atom. The SMILES string of the molecule is CCOC(=O)[C@@H](C)n1nc(CC)n2c(cc3occc32)c1=O. The van der Waals surface area contributed by atoms with Crippen LogP contribution in [0.4, 0.5) is 0 Å². The van der Waals surface area contributed by atoms with Crippen LogP contribution in [-0.4, -0.2) is 26.8 Å². The summed E-state index contributed by atoms with van der Waals surface area (Å²) in [6.45, 7) is 5.54. The number of ether oxygens (including phenoxy) is 1. The normalized spacial score (nSPS) is 12.9. The molecular formula is C15H17N3O4. The van der Waals surface area contributed by atoms with E-state index in [2.05, 4.69) is 5.10 Å². The molecule has 7 heteroatoms. The zero-order valence-corrected chi connectivity index (χ0v) is 12.7. The fourth-order valence-electron chi connectivity index (χ4n) is 2.55. The first-order chi connectivity index (χ1) is 10.6. The average molecular weight is 303 g/mol. The number of carbonyl (C=O) groups excluding carboxylic acids is 1. The summed E-state index contributed by atoms with van der Waals surface area (Å²) in [6, 6.07) is 2.69. The van der Waals surface area contributed by atoms with E-state index in [0.717, 1.165) is 5.52 Å². The van der Waals surface area contributed by atoms with Gasteiger partial charge in [0.05, 0.1) is 18.4 Å². The van der Waals surface area contributed by atoms with Crippen molar-refractivity contribution < 1.29 is 13.9 Å². The summed E-state index contributed by atoms with van der Waals surface area (Å²) in [5, 5.41) is 4.35. The number of nitrogens with zero attached hydrogens (tertiary/aromatic N) is 3. The average Bonchev–Trinajstić information content (AvgIpc) is 3.09. The van der Waals surface area contributed by atoms with Gasteiger partial charge in [0, 0.05) is 18.6 Å². The van der Waals surface area contributed by atoms with Crippen LogP contribution >= 0.6 is 0 Å². The molecule has 0 saturated carbocycles. The molecule has 0 aliphatic heterocycles. The Hall–Kier alpha value is -2.57. The third kappa shape index (κ3) is 2.01. The van der Waals surface area contributed by atoms with Crippen molar-refractivity contribution in [3.05, 3.63) is 34.6 Å². The van der Waals surface area contributed by atoms with Crippen molar-refractivity contribution in [3.63, 3.8) is 0 Å². The molecule has 0 N–H and O–H groups in total. The minimum Gasteiger partial charge on any atom is -0.464 e. The number of rotatable bonds is 4. The molecule has 116 valence electrons. The van der Waals surface area contributed by atoms with Gasteiger partial charge in [0.25, 0.3) is 5.56 Å². The van der Waals surface area contributed by atoms with Crippen molar-refractivity contribution in [2.45, 2.75) is 33.2 Å². The maximum Gasteiger partial charge on any atom is 0.330 e. The van der Waals surface area contributed by atoms with Gasteiger partial charge in [-0.2, -0.15) is 5.10 Å². The van der Waals surface area contributed by atoms with Gasteiger partial charge in [0.15, 0.2) is 11.6 Å². The topological polar surface area (TPSA) is 78.7 Å². The zero-order valence-electron chi connectivity index (χ0n) is 12.7. The molecule has 3 aromatic heterocycles. The summed E-state index contributed by atoms with van der Waals surface area (Å²) < 4.78 is 13.3. The summed E-state index contributed by atoms with van der Waals surface area (Å²) in [4.78, 5) is 24.6. The van der Waals surface area contributed by atoms with Gasteiger partial charge in [-0.05, 0) is 13.8 Å². The standard InChI is InChI=1S/C15H17N3O4/c1-4-13-16-18(9(3)15(20)21-5-2)14(19)11-8-12-10(17(11)13)6-7-22-12/h6-9H,4-5H2,1-3H3/t9-/m1/s1. The molecule has 7 nitrogen and oxygen atoms in total. The van der Waals surface area contributed by atoms with Gasteiger partial charge in [-0.1, -0.05) is 6.92 Å². The van der Waals surface area contributed by atoms with E-state index in [1.165, 1.54) is 4.68 Å². The van der Waals surface area contributed by atoms with Gasteiger partial charge in [0.1, 0.15) is 11.3 Å². The molecule has 1 atom stereocenters. The quantitative estimate of drug-likeness (QED) is 0.688. The van der Waals surface area contributed by atoms with E-state index in [4.69, 9.17) is 9.15 Å². The van der Waals surface area contributed by atoms with E-state index in [1.807, 2.05) is 6.92 Å². The molecule has 0 saturated heterocycles. The van der Waals surface area contributed by atoms with Gasteiger partial charge in [0.2, 0.25) is 0 Å². The van der Waals surface area contributed by atoms with E-state index in [0.29, 0.717) is 23.3 Å². The number of carbonyl (C=O) groups is 1. The lowest BCUT2D eigenvalue weighted by molar-refractivity contribution is -0.147. The molecule has 0 aliphatic carbocycles. The number of hydrogen-bond donors (Lipinski definition) is 0. The van der Waals surface area contributed by atoms with Crippen molar-refractivity contribution in [1.29, 1.82) is 0 Å². The molecular weight excluding hydrogens is 286 g/mol. The monoisotopic (exact) mass is 303 g/mol. The molecule has 0 aromatic carbocycles. The Morgan fingerprint density at radius 1 is 1.41 bits per heavy atom. The largest absolute Gasteiger partial charge is 0.464 e. The highest BCUT2D eigenvalue weighted by Gasteiger charge is 2.22. The lowest BCUT2D eigenvalue weighted by Crippen LogP contribution is -2.33. The van der Waals surface area contributed by atoms with Crippen LogP contribution in [0.15, 0.2) is 27.6 Å². The van der Waals surface area contributed by atoms with Crippen LogP contribution in [0.25, 0.3) is 16.6 Å².